The van der Waals surface area contributed by atoms with Gasteiger partial charge in [-0.05, 0) is 38.5 Å². The van der Waals surface area contributed by atoms with Gasteiger partial charge in [0.2, 0.25) is 0 Å². The number of hydrogen-bond acceptors (Lipinski definition) is 0. The maximum absolute atomic E-state index is 2.36. The average molecular weight is 194 g/mol. The summed E-state index contributed by atoms with van der Waals surface area (Å²) >= 11 is 0. The van der Waals surface area contributed by atoms with Crippen LogP contribution >= 0.6 is 0 Å². The van der Waals surface area contributed by atoms with Gasteiger partial charge in [0, 0.05) is 0 Å². The molecule has 2 rings (SSSR count). The van der Waals surface area contributed by atoms with Crippen molar-refractivity contribution in [3.05, 3.63) is 11.6 Å². The lowest BCUT2D eigenvalue weighted by Crippen LogP contribution is -1.99. The molecule has 0 aromatic carbocycles. The molecule has 0 heteroatoms. The zero-order valence-corrected chi connectivity index (χ0v) is 10.0. The summed E-state index contributed by atoms with van der Waals surface area (Å²) in [6.07, 6.45) is 15.3. The van der Waals surface area contributed by atoms with Crippen LogP contribution in [0.25, 0.3) is 0 Å². The van der Waals surface area contributed by atoms with Gasteiger partial charge in [-0.15, -0.1) is 0 Å². The first-order valence-electron chi connectivity index (χ1n) is 6.44. The van der Waals surface area contributed by atoms with E-state index in [4.69, 9.17) is 0 Å². The molecule has 0 spiro atoms. The standard InChI is InChI=1S/C7H14.C7H12/c2*1-7-5-3-2-4-6-7/h7H,2-6H2,1H3;5H,2-4,6H2,1H3. The third-order valence-corrected chi connectivity index (χ3v) is 3.41. The summed E-state index contributed by atoms with van der Waals surface area (Å²) in [6.45, 7) is 4.58. The highest BCUT2D eigenvalue weighted by Crippen LogP contribution is 2.22. The monoisotopic (exact) mass is 194 g/mol. The number of hydrogen-bond donors (Lipinski definition) is 0. The van der Waals surface area contributed by atoms with E-state index in [-0.39, 0.29) is 0 Å². The van der Waals surface area contributed by atoms with Gasteiger partial charge in [-0.3, -0.25) is 0 Å². The Morgan fingerprint density at radius 3 is 2.00 bits per heavy atom. The van der Waals surface area contributed by atoms with Crippen LogP contribution in [0, 0.1) is 5.92 Å². The molecule has 0 radical (unpaired) electrons. The summed E-state index contributed by atoms with van der Waals surface area (Å²) in [5.74, 6) is 1.04. The van der Waals surface area contributed by atoms with Crippen LogP contribution in [0.2, 0.25) is 0 Å². The first-order valence-corrected chi connectivity index (χ1v) is 6.44. The van der Waals surface area contributed by atoms with Gasteiger partial charge >= 0.3 is 0 Å². The molecule has 0 bridgehead atoms. The lowest BCUT2D eigenvalue weighted by Gasteiger charge is -2.15. The lowest BCUT2D eigenvalue weighted by atomic mass is 9.91. The van der Waals surface area contributed by atoms with Crippen molar-refractivity contribution >= 4 is 0 Å². The Bertz CT molecular complexity index is 161. The Hall–Kier alpha value is -0.260. The molecule has 82 valence electrons. The quantitative estimate of drug-likeness (QED) is 0.471. The van der Waals surface area contributed by atoms with Crippen LogP contribution in [0.5, 0.6) is 0 Å². The van der Waals surface area contributed by atoms with E-state index in [1.54, 1.807) is 5.57 Å². The van der Waals surface area contributed by atoms with Crippen LogP contribution in [0.3, 0.4) is 0 Å². The smallest absolute Gasteiger partial charge is 0.0323 e. The fraction of sp³-hybridized carbons (Fsp3) is 0.857. The highest BCUT2D eigenvalue weighted by atomic mass is 14.1. The molecule has 2 aliphatic rings. The molecule has 14 heavy (non-hydrogen) atoms. The molecule has 2 aliphatic carbocycles. The SMILES string of the molecule is CC1=CCCCC1.CC1CCCCC1. The summed E-state index contributed by atoms with van der Waals surface area (Å²) in [6, 6.07) is 0. The van der Waals surface area contributed by atoms with E-state index in [0.717, 1.165) is 5.92 Å². The summed E-state index contributed by atoms with van der Waals surface area (Å²) in [5.41, 5.74) is 1.59. The second-order valence-corrected chi connectivity index (χ2v) is 5.04. The topological polar surface area (TPSA) is 0 Å². The van der Waals surface area contributed by atoms with E-state index >= 15 is 0 Å². The van der Waals surface area contributed by atoms with Gasteiger partial charge < -0.3 is 0 Å². The molecule has 0 saturated heterocycles. The second-order valence-electron chi connectivity index (χ2n) is 5.04. The third-order valence-electron chi connectivity index (χ3n) is 3.41. The van der Waals surface area contributed by atoms with Gasteiger partial charge in [0.1, 0.15) is 0 Å². The van der Waals surface area contributed by atoms with Crippen LogP contribution in [0.1, 0.15) is 71.6 Å². The molecular formula is C14H26. The minimum atomic E-state index is 1.04. The first-order chi connectivity index (χ1) is 6.79. The third kappa shape index (κ3) is 5.47. The number of allylic oxidation sites excluding steroid dienone is 2. The minimum Gasteiger partial charge on any atom is -0.0856 e. The summed E-state index contributed by atoms with van der Waals surface area (Å²) in [7, 11) is 0. The maximum Gasteiger partial charge on any atom is -0.0323 e. The van der Waals surface area contributed by atoms with Crippen molar-refractivity contribution in [1.29, 1.82) is 0 Å². The van der Waals surface area contributed by atoms with Crippen LogP contribution in [0.4, 0.5) is 0 Å². The fourth-order valence-electron chi connectivity index (χ4n) is 2.31. The highest BCUT2D eigenvalue weighted by molar-refractivity contribution is 5.00. The zero-order chi connectivity index (χ0) is 10.2. The fourth-order valence-corrected chi connectivity index (χ4v) is 2.31. The largest absolute Gasteiger partial charge is 0.0856 e. The highest BCUT2D eigenvalue weighted by Gasteiger charge is 2.05. The van der Waals surface area contributed by atoms with Gasteiger partial charge in [0.25, 0.3) is 0 Å². The van der Waals surface area contributed by atoms with Crippen molar-refractivity contribution in [3.8, 4) is 0 Å². The predicted molar refractivity (Wildman–Crippen MR) is 64.5 cm³/mol. The van der Waals surface area contributed by atoms with E-state index in [0.29, 0.717) is 0 Å². The Kier molecular flexibility index (Phi) is 5.98. The van der Waals surface area contributed by atoms with Gasteiger partial charge in [-0.2, -0.15) is 0 Å². The molecule has 0 aromatic heterocycles. The lowest BCUT2D eigenvalue weighted by molar-refractivity contribution is 0.385. The molecule has 0 nitrogen and oxygen atoms in total. The Labute approximate surface area is 89.8 Å². The molecule has 0 aromatic rings. The molecule has 0 aliphatic heterocycles. The van der Waals surface area contributed by atoms with Crippen molar-refractivity contribution in [2.24, 2.45) is 5.92 Å². The Balaban J connectivity index is 0.000000140. The summed E-state index contributed by atoms with van der Waals surface area (Å²) < 4.78 is 0. The van der Waals surface area contributed by atoms with Gasteiger partial charge in [-0.1, -0.05) is 50.7 Å². The van der Waals surface area contributed by atoms with E-state index in [2.05, 4.69) is 19.9 Å². The summed E-state index contributed by atoms with van der Waals surface area (Å²) in [4.78, 5) is 0. The van der Waals surface area contributed by atoms with Gasteiger partial charge in [0.15, 0.2) is 0 Å². The van der Waals surface area contributed by atoms with Crippen molar-refractivity contribution in [2.75, 3.05) is 0 Å². The molecule has 0 amide bonds. The summed E-state index contributed by atoms with van der Waals surface area (Å²) in [5, 5.41) is 0. The molecule has 0 heterocycles. The second kappa shape index (κ2) is 7.09. The minimum absolute atomic E-state index is 1.04. The van der Waals surface area contributed by atoms with E-state index in [1.165, 1.54) is 57.8 Å². The first kappa shape index (κ1) is 11.8. The molecule has 0 unspecified atom stereocenters. The molecule has 0 N–H and O–H groups in total. The van der Waals surface area contributed by atoms with Crippen LogP contribution in [-0.2, 0) is 0 Å². The van der Waals surface area contributed by atoms with Crippen molar-refractivity contribution < 1.29 is 0 Å². The zero-order valence-electron chi connectivity index (χ0n) is 10.0. The molecule has 0 atom stereocenters. The Morgan fingerprint density at radius 1 is 1.00 bits per heavy atom. The average Bonchev–Trinajstić information content (AvgIpc) is 2.21. The van der Waals surface area contributed by atoms with Gasteiger partial charge in [0.05, 0.1) is 0 Å². The normalized spacial score (nSPS) is 23.4. The van der Waals surface area contributed by atoms with Gasteiger partial charge in [-0.25, -0.2) is 0 Å². The maximum atomic E-state index is 2.36. The molecule has 1 saturated carbocycles. The van der Waals surface area contributed by atoms with E-state index < -0.39 is 0 Å². The molecule has 1 fully saturated rings. The van der Waals surface area contributed by atoms with Crippen molar-refractivity contribution in [2.45, 2.75) is 71.6 Å². The van der Waals surface area contributed by atoms with Crippen LogP contribution in [-0.4, -0.2) is 0 Å². The Morgan fingerprint density at radius 2 is 1.71 bits per heavy atom. The molecular weight excluding hydrogens is 168 g/mol. The van der Waals surface area contributed by atoms with Crippen LogP contribution < -0.4 is 0 Å². The van der Waals surface area contributed by atoms with E-state index in [1.807, 2.05) is 0 Å². The van der Waals surface area contributed by atoms with E-state index in [9.17, 15) is 0 Å². The van der Waals surface area contributed by atoms with Crippen molar-refractivity contribution in [3.63, 3.8) is 0 Å². The number of rotatable bonds is 0. The van der Waals surface area contributed by atoms with Crippen molar-refractivity contribution in [1.82, 2.24) is 0 Å². The predicted octanol–water partition coefficient (Wildman–Crippen LogP) is 5.09. The van der Waals surface area contributed by atoms with Crippen LogP contribution in [0.15, 0.2) is 11.6 Å².